The molecule has 0 aliphatic carbocycles. The molecule has 0 spiro atoms. The summed E-state index contributed by atoms with van der Waals surface area (Å²) in [4.78, 5) is 35.8. The summed E-state index contributed by atoms with van der Waals surface area (Å²) in [5.74, 6) is -0.113. The van der Waals surface area contributed by atoms with Crippen LogP contribution in [0.3, 0.4) is 0 Å². The third kappa shape index (κ3) is 4.17. The number of carbonyl (C=O) groups excluding carboxylic acids is 2. The monoisotopic (exact) mass is 393 g/mol. The van der Waals surface area contributed by atoms with Crippen molar-refractivity contribution in [2.45, 2.75) is 12.5 Å². The lowest BCUT2D eigenvalue weighted by atomic mass is 10.2. The summed E-state index contributed by atoms with van der Waals surface area (Å²) in [6.45, 7) is 1.06. The summed E-state index contributed by atoms with van der Waals surface area (Å²) >= 11 is 1.42. The SMILES string of the molecule is O=C(Nc1ncc(-c2ccccc2)s1)N[C@@H]1CCN(C(=O)c2ccccn2)C1. The summed E-state index contributed by atoms with van der Waals surface area (Å²) < 4.78 is 0. The smallest absolute Gasteiger partial charge is 0.321 e. The van der Waals surface area contributed by atoms with E-state index < -0.39 is 0 Å². The Balaban J connectivity index is 1.30. The van der Waals surface area contributed by atoms with E-state index in [1.807, 2.05) is 30.3 Å². The van der Waals surface area contributed by atoms with E-state index in [0.717, 1.165) is 10.4 Å². The van der Waals surface area contributed by atoms with Gasteiger partial charge in [0, 0.05) is 31.5 Å². The van der Waals surface area contributed by atoms with Crippen molar-refractivity contribution in [3.8, 4) is 10.4 Å². The van der Waals surface area contributed by atoms with Gasteiger partial charge in [-0.15, -0.1) is 0 Å². The normalized spacial score (nSPS) is 16.0. The Morgan fingerprint density at radius 2 is 1.89 bits per heavy atom. The van der Waals surface area contributed by atoms with Gasteiger partial charge in [-0.1, -0.05) is 47.7 Å². The van der Waals surface area contributed by atoms with Crippen molar-refractivity contribution in [1.82, 2.24) is 20.2 Å². The molecule has 0 unspecified atom stereocenters. The van der Waals surface area contributed by atoms with E-state index in [1.165, 1.54) is 11.3 Å². The molecule has 2 aromatic heterocycles. The van der Waals surface area contributed by atoms with Gasteiger partial charge in [0.05, 0.1) is 4.88 Å². The second-order valence-corrected chi connectivity index (χ2v) is 7.48. The summed E-state index contributed by atoms with van der Waals surface area (Å²) in [7, 11) is 0. The maximum Gasteiger partial charge on any atom is 0.321 e. The molecule has 7 nitrogen and oxygen atoms in total. The van der Waals surface area contributed by atoms with E-state index in [0.29, 0.717) is 30.3 Å². The number of likely N-dealkylation sites (tertiary alicyclic amines) is 1. The molecule has 1 aliphatic rings. The number of thiazole rings is 1. The van der Waals surface area contributed by atoms with Crippen LogP contribution in [-0.2, 0) is 0 Å². The number of amides is 3. The minimum Gasteiger partial charge on any atom is -0.335 e. The molecule has 0 bridgehead atoms. The van der Waals surface area contributed by atoms with Crippen molar-refractivity contribution in [3.63, 3.8) is 0 Å². The number of hydrogen-bond donors (Lipinski definition) is 2. The first kappa shape index (κ1) is 18.1. The van der Waals surface area contributed by atoms with Gasteiger partial charge in [-0.2, -0.15) is 0 Å². The molecule has 3 heterocycles. The zero-order valence-corrected chi connectivity index (χ0v) is 15.9. The molecule has 1 aromatic carbocycles. The number of pyridine rings is 1. The highest BCUT2D eigenvalue weighted by molar-refractivity contribution is 7.19. The van der Waals surface area contributed by atoms with Gasteiger partial charge in [0.25, 0.3) is 5.91 Å². The molecule has 8 heteroatoms. The third-order valence-corrected chi connectivity index (χ3v) is 5.44. The summed E-state index contributed by atoms with van der Waals surface area (Å²) in [5.41, 5.74) is 1.48. The van der Waals surface area contributed by atoms with Crippen molar-refractivity contribution in [3.05, 3.63) is 66.6 Å². The van der Waals surface area contributed by atoms with E-state index >= 15 is 0 Å². The van der Waals surface area contributed by atoms with Crippen LogP contribution in [0.25, 0.3) is 10.4 Å². The molecular weight excluding hydrogens is 374 g/mol. The molecule has 1 saturated heterocycles. The van der Waals surface area contributed by atoms with Gasteiger partial charge in [0.1, 0.15) is 5.69 Å². The van der Waals surface area contributed by atoms with Crippen LogP contribution in [0.2, 0.25) is 0 Å². The van der Waals surface area contributed by atoms with E-state index in [9.17, 15) is 9.59 Å². The number of aromatic nitrogens is 2. The number of nitrogens with zero attached hydrogens (tertiary/aromatic N) is 3. The summed E-state index contributed by atoms with van der Waals surface area (Å²) in [6.07, 6.45) is 4.06. The van der Waals surface area contributed by atoms with Crippen LogP contribution < -0.4 is 10.6 Å². The number of rotatable bonds is 4. The Morgan fingerprint density at radius 1 is 1.07 bits per heavy atom. The predicted octanol–water partition coefficient (Wildman–Crippen LogP) is 3.24. The number of anilines is 1. The highest BCUT2D eigenvalue weighted by Gasteiger charge is 2.28. The van der Waals surface area contributed by atoms with Gasteiger partial charge in [-0.25, -0.2) is 9.78 Å². The Kier molecular flexibility index (Phi) is 5.29. The highest BCUT2D eigenvalue weighted by atomic mass is 32.1. The van der Waals surface area contributed by atoms with Gasteiger partial charge < -0.3 is 10.2 Å². The lowest BCUT2D eigenvalue weighted by Crippen LogP contribution is -2.40. The number of urea groups is 1. The standard InChI is InChI=1S/C20H19N5O2S/c26-18(16-8-4-5-10-21-16)25-11-9-15(13-25)23-19(27)24-20-22-12-17(28-20)14-6-2-1-3-7-14/h1-8,10,12,15H,9,11,13H2,(H2,22,23,24,27)/t15-/m1/s1. The fraction of sp³-hybridized carbons (Fsp3) is 0.200. The van der Waals surface area contributed by atoms with Gasteiger partial charge in [0.2, 0.25) is 0 Å². The first-order valence-corrected chi connectivity index (χ1v) is 9.80. The van der Waals surface area contributed by atoms with Gasteiger partial charge >= 0.3 is 6.03 Å². The van der Waals surface area contributed by atoms with E-state index in [2.05, 4.69) is 20.6 Å². The number of hydrogen-bond acceptors (Lipinski definition) is 5. The molecule has 0 saturated carbocycles. The quantitative estimate of drug-likeness (QED) is 0.712. The fourth-order valence-corrected chi connectivity index (χ4v) is 3.92. The molecule has 142 valence electrons. The van der Waals surface area contributed by atoms with Crippen LogP contribution in [0, 0.1) is 0 Å². The maximum absolute atomic E-state index is 12.4. The molecule has 1 aliphatic heterocycles. The van der Waals surface area contributed by atoms with Crippen molar-refractivity contribution in [1.29, 1.82) is 0 Å². The number of carbonyl (C=O) groups is 2. The Labute approximate surface area is 166 Å². The molecule has 28 heavy (non-hydrogen) atoms. The average Bonchev–Trinajstić information content (AvgIpc) is 3.38. The molecule has 2 N–H and O–H groups in total. The minimum atomic E-state index is -0.314. The van der Waals surface area contributed by atoms with Gasteiger partial charge in [-0.05, 0) is 24.1 Å². The zero-order valence-electron chi connectivity index (χ0n) is 15.0. The lowest BCUT2D eigenvalue weighted by molar-refractivity contribution is 0.0783. The Hall–Kier alpha value is -3.26. The van der Waals surface area contributed by atoms with Gasteiger partial charge in [0.15, 0.2) is 5.13 Å². The molecular formula is C20H19N5O2S. The van der Waals surface area contributed by atoms with Crippen LogP contribution in [0.5, 0.6) is 0 Å². The second kappa shape index (κ2) is 8.18. The first-order chi connectivity index (χ1) is 13.7. The zero-order chi connectivity index (χ0) is 19.3. The van der Waals surface area contributed by atoms with E-state index in [-0.39, 0.29) is 18.0 Å². The average molecular weight is 393 g/mol. The van der Waals surface area contributed by atoms with Gasteiger partial charge in [-0.3, -0.25) is 15.1 Å². The Morgan fingerprint density at radius 3 is 2.68 bits per heavy atom. The van der Waals surface area contributed by atoms with Crippen molar-refractivity contribution >= 4 is 28.4 Å². The second-order valence-electron chi connectivity index (χ2n) is 6.45. The number of benzene rings is 1. The van der Waals surface area contributed by atoms with Crippen LogP contribution in [-0.4, -0.2) is 45.9 Å². The van der Waals surface area contributed by atoms with Crippen LogP contribution in [0.1, 0.15) is 16.9 Å². The molecule has 1 atom stereocenters. The molecule has 1 fully saturated rings. The first-order valence-electron chi connectivity index (χ1n) is 8.98. The summed E-state index contributed by atoms with van der Waals surface area (Å²) in [5, 5.41) is 6.23. The van der Waals surface area contributed by atoms with Crippen LogP contribution in [0.15, 0.2) is 60.9 Å². The van der Waals surface area contributed by atoms with Crippen molar-refractivity contribution in [2.24, 2.45) is 0 Å². The Bertz CT molecular complexity index is 961. The molecule has 3 aromatic rings. The third-order valence-electron chi connectivity index (χ3n) is 4.48. The lowest BCUT2D eigenvalue weighted by Gasteiger charge is -2.16. The topological polar surface area (TPSA) is 87.2 Å². The van der Waals surface area contributed by atoms with Crippen molar-refractivity contribution in [2.75, 3.05) is 18.4 Å². The molecule has 4 rings (SSSR count). The van der Waals surface area contributed by atoms with Crippen molar-refractivity contribution < 1.29 is 9.59 Å². The maximum atomic E-state index is 12.4. The number of nitrogens with one attached hydrogen (secondary N) is 2. The summed E-state index contributed by atoms with van der Waals surface area (Å²) in [6, 6.07) is 14.7. The van der Waals surface area contributed by atoms with Crippen LogP contribution in [0.4, 0.5) is 9.93 Å². The highest BCUT2D eigenvalue weighted by Crippen LogP contribution is 2.28. The fourth-order valence-electron chi connectivity index (χ4n) is 3.10. The molecule has 0 radical (unpaired) electrons. The minimum absolute atomic E-state index is 0.0961. The molecule has 3 amide bonds. The van der Waals surface area contributed by atoms with E-state index in [4.69, 9.17) is 0 Å². The largest absolute Gasteiger partial charge is 0.335 e. The predicted molar refractivity (Wildman–Crippen MR) is 108 cm³/mol. The van der Waals surface area contributed by atoms with E-state index in [1.54, 1.807) is 35.5 Å². The van der Waals surface area contributed by atoms with Crippen LogP contribution >= 0.6 is 11.3 Å².